The van der Waals surface area contributed by atoms with Crippen LogP contribution in [-0.4, -0.2) is 11.9 Å². The first-order valence-electron chi connectivity index (χ1n) is 8.08. The molecule has 6 heteroatoms. The number of esters is 1. The lowest BCUT2D eigenvalue weighted by Crippen LogP contribution is -2.13. The van der Waals surface area contributed by atoms with E-state index in [9.17, 15) is 9.59 Å². The third-order valence-electron chi connectivity index (χ3n) is 3.80. The molecule has 1 N–H and O–H groups in total. The molecule has 3 aromatic rings. The molecule has 3 rings (SSSR count). The molecule has 3 aromatic carbocycles. The van der Waals surface area contributed by atoms with Gasteiger partial charge in [0.25, 0.3) is 5.91 Å². The van der Waals surface area contributed by atoms with Gasteiger partial charge in [-0.3, -0.25) is 4.79 Å². The van der Waals surface area contributed by atoms with E-state index in [1.54, 1.807) is 60.7 Å². The molecular formula is C21H15Cl2NO3. The molecule has 0 fully saturated rings. The SMILES string of the molecule is Cc1ccc(NC(=O)c2cccc(Cl)c2)cc1OC(=O)c1cccc(Cl)c1. The molecule has 0 aliphatic rings. The average molecular weight is 400 g/mol. The number of aryl methyl sites for hydroxylation is 1. The van der Waals surface area contributed by atoms with Crippen LogP contribution in [0.3, 0.4) is 0 Å². The Morgan fingerprint density at radius 1 is 0.852 bits per heavy atom. The van der Waals surface area contributed by atoms with Crippen molar-refractivity contribution in [2.24, 2.45) is 0 Å². The lowest BCUT2D eigenvalue weighted by Gasteiger charge is -2.11. The number of halogens is 2. The quantitative estimate of drug-likeness (QED) is 0.447. The Labute approximate surface area is 166 Å². The molecule has 0 bridgehead atoms. The molecular weight excluding hydrogens is 385 g/mol. The normalized spacial score (nSPS) is 10.3. The van der Waals surface area contributed by atoms with Crippen molar-refractivity contribution in [1.29, 1.82) is 0 Å². The summed E-state index contributed by atoms with van der Waals surface area (Å²) in [6.45, 7) is 1.81. The van der Waals surface area contributed by atoms with Gasteiger partial charge in [0, 0.05) is 27.4 Å². The van der Waals surface area contributed by atoms with Crippen LogP contribution in [0.25, 0.3) is 0 Å². The van der Waals surface area contributed by atoms with Gasteiger partial charge in [-0.05, 0) is 55.0 Å². The van der Waals surface area contributed by atoms with E-state index in [1.807, 2.05) is 6.92 Å². The Morgan fingerprint density at radius 2 is 1.48 bits per heavy atom. The van der Waals surface area contributed by atoms with Crippen molar-refractivity contribution < 1.29 is 14.3 Å². The predicted molar refractivity (Wildman–Crippen MR) is 107 cm³/mol. The predicted octanol–water partition coefficient (Wildman–Crippen LogP) is 5.77. The Morgan fingerprint density at radius 3 is 2.15 bits per heavy atom. The highest BCUT2D eigenvalue weighted by atomic mass is 35.5. The van der Waals surface area contributed by atoms with E-state index < -0.39 is 5.97 Å². The number of amides is 1. The first kappa shape index (κ1) is 19.0. The summed E-state index contributed by atoms with van der Waals surface area (Å²) < 4.78 is 5.46. The Balaban J connectivity index is 1.78. The Bertz CT molecular complexity index is 1020. The number of ether oxygens (including phenoxy) is 1. The number of hydrogen-bond acceptors (Lipinski definition) is 3. The largest absolute Gasteiger partial charge is 0.423 e. The molecule has 0 radical (unpaired) electrons. The minimum absolute atomic E-state index is 0.312. The summed E-state index contributed by atoms with van der Waals surface area (Å²) in [5.41, 5.74) is 2.03. The second-order valence-electron chi connectivity index (χ2n) is 5.84. The Kier molecular flexibility index (Phi) is 5.79. The highest BCUT2D eigenvalue weighted by Crippen LogP contribution is 2.25. The van der Waals surface area contributed by atoms with E-state index in [0.717, 1.165) is 5.56 Å². The summed E-state index contributed by atoms with van der Waals surface area (Å²) in [5, 5.41) is 3.69. The van der Waals surface area contributed by atoms with Gasteiger partial charge in [-0.2, -0.15) is 0 Å². The van der Waals surface area contributed by atoms with Gasteiger partial charge in [-0.15, -0.1) is 0 Å². The van der Waals surface area contributed by atoms with Gasteiger partial charge in [0.15, 0.2) is 0 Å². The van der Waals surface area contributed by atoms with Crippen molar-refractivity contribution in [3.8, 4) is 5.75 Å². The van der Waals surface area contributed by atoms with Gasteiger partial charge in [-0.1, -0.05) is 41.4 Å². The summed E-state index contributed by atoms with van der Waals surface area (Å²) >= 11 is 11.8. The number of carbonyl (C=O) groups is 2. The first-order chi connectivity index (χ1) is 12.9. The third kappa shape index (κ3) is 4.88. The molecule has 0 saturated heterocycles. The average Bonchev–Trinajstić information content (AvgIpc) is 2.64. The maximum atomic E-state index is 12.4. The fourth-order valence-corrected chi connectivity index (χ4v) is 2.78. The molecule has 0 heterocycles. The lowest BCUT2D eigenvalue weighted by molar-refractivity contribution is 0.0733. The molecule has 0 aromatic heterocycles. The van der Waals surface area contributed by atoms with E-state index >= 15 is 0 Å². The van der Waals surface area contributed by atoms with E-state index in [1.165, 1.54) is 6.07 Å². The van der Waals surface area contributed by atoms with Gasteiger partial charge in [0.05, 0.1) is 5.56 Å². The summed E-state index contributed by atoms with van der Waals surface area (Å²) in [6.07, 6.45) is 0. The fourth-order valence-electron chi connectivity index (χ4n) is 2.40. The number of anilines is 1. The van der Waals surface area contributed by atoms with Gasteiger partial charge in [0.2, 0.25) is 0 Å². The molecule has 0 saturated carbocycles. The van der Waals surface area contributed by atoms with Gasteiger partial charge < -0.3 is 10.1 Å². The molecule has 1 amide bonds. The van der Waals surface area contributed by atoms with Crippen LogP contribution in [0.1, 0.15) is 26.3 Å². The summed E-state index contributed by atoms with van der Waals surface area (Å²) in [5.74, 6) is -0.490. The highest BCUT2D eigenvalue weighted by molar-refractivity contribution is 6.31. The number of rotatable bonds is 4. The van der Waals surface area contributed by atoms with Crippen LogP contribution in [0.5, 0.6) is 5.75 Å². The molecule has 27 heavy (non-hydrogen) atoms. The lowest BCUT2D eigenvalue weighted by atomic mass is 10.1. The molecule has 0 aliphatic heterocycles. The number of nitrogens with one attached hydrogen (secondary N) is 1. The summed E-state index contributed by atoms with van der Waals surface area (Å²) in [6, 6.07) is 18.2. The minimum atomic E-state index is -0.529. The standard InChI is InChI=1S/C21H15Cl2NO3/c1-13-8-9-18(24-20(25)14-4-2-6-16(22)10-14)12-19(13)27-21(26)15-5-3-7-17(23)11-15/h2-12H,1H3,(H,24,25). The van der Waals surface area contributed by atoms with Crippen molar-refractivity contribution in [2.45, 2.75) is 6.92 Å². The van der Waals surface area contributed by atoms with Gasteiger partial charge in [-0.25, -0.2) is 4.79 Å². The second-order valence-corrected chi connectivity index (χ2v) is 6.72. The number of benzene rings is 3. The van der Waals surface area contributed by atoms with Crippen LogP contribution >= 0.6 is 23.2 Å². The van der Waals surface area contributed by atoms with E-state index in [0.29, 0.717) is 32.6 Å². The number of hydrogen-bond donors (Lipinski definition) is 1. The Hall–Kier alpha value is -2.82. The van der Waals surface area contributed by atoms with Gasteiger partial charge in [0.1, 0.15) is 5.75 Å². The van der Waals surface area contributed by atoms with Crippen LogP contribution in [0.4, 0.5) is 5.69 Å². The fraction of sp³-hybridized carbons (Fsp3) is 0.0476. The third-order valence-corrected chi connectivity index (χ3v) is 4.27. The zero-order chi connectivity index (χ0) is 19.4. The molecule has 0 unspecified atom stereocenters. The molecule has 4 nitrogen and oxygen atoms in total. The zero-order valence-electron chi connectivity index (χ0n) is 14.3. The molecule has 136 valence electrons. The molecule has 0 spiro atoms. The topological polar surface area (TPSA) is 55.4 Å². The molecule has 0 atom stereocenters. The van der Waals surface area contributed by atoms with Crippen molar-refractivity contribution in [1.82, 2.24) is 0 Å². The number of carbonyl (C=O) groups excluding carboxylic acids is 2. The van der Waals surface area contributed by atoms with Crippen LogP contribution in [0, 0.1) is 6.92 Å². The van der Waals surface area contributed by atoms with Crippen LogP contribution < -0.4 is 10.1 Å². The van der Waals surface area contributed by atoms with E-state index in [-0.39, 0.29) is 5.91 Å². The maximum Gasteiger partial charge on any atom is 0.343 e. The second kappa shape index (κ2) is 8.25. The summed E-state index contributed by atoms with van der Waals surface area (Å²) in [4.78, 5) is 24.7. The van der Waals surface area contributed by atoms with Gasteiger partial charge >= 0.3 is 5.97 Å². The monoisotopic (exact) mass is 399 g/mol. The van der Waals surface area contributed by atoms with Crippen LogP contribution in [-0.2, 0) is 0 Å². The van der Waals surface area contributed by atoms with Crippen LogP contribution in [0.15, 0.2) is 66.7 Å². The van der Waals surface area contributed by atoms with Crippen molar-refractivity contribution in [3.63, 3.8) is 0 Å². The first-order valence-corrected chi connectivity index (χ1v) is 8.83. The van der Waals surface area contributed by atoms with Crippen molar-refractivity contribution in [2.75, 3.05) is 5.32 Å². The summed E-state index contributed by atoms with van der Waals surface area (Å²) in [7, 11) is 0. The molecule has 0 aliphatic carbocycles. The zero-order valence-corrected chi connectivity index (χ0v) is 15.8. The minimum Gasteiger partial charge on any atom is -0.423 e. The van der Waals surface area contributed by atoms with Crippen LogP contribution in [0.2, 0.25) is 10.0 Å². The van der Waals surface area contributed by atoms with E-state index in [4.69, 9.17) is 27.9 Å². The highest BCUT2D eigenvalue weighted by Gasteiger charge is 2.13. The smallest absolute Gasteiger partial charge is 0.343 e. The maximum absolute atomic E-state index is 12.4. The van der Waals surface area contributed by atoms with Crippen molar-refractivity contribution in [3.05, 3.63) is 93.5 Å². The van der Waals surface area contributed by atoms with Crippen molar-refractivity contribution >= 4 is 40.8 Å². The van der Waals surface area contributed by atoms with E-state index in [2.05, 4.69) is 5.32 Å².